The fourth-order valence-electron chi connectivity index (χ4n) is 2.63. The van der Waals surface area contributed by atoms with Crippen molar-refractivity contribution < 1.29 is 4.79 Å². The molecule has 1 amide bonds. The maximum Gasteiger partial charge on any atom is 0.219 e. The number of unbranched alkanes of at least 4 members (excludes halogenated alkanes) is 1. The average molecular weight is 237 g/mol. The van der Waals surface area contributed by atoms with Crippen molar-refractivity contribution in [3.05, 3.63) is 12.2 Å². The van der Waals surface area contributed by atoms with Gasteiger partial charge in [0, 0.05) is 13.0 Å². The lowest BCUT2D eigenvalue weighted by molar-refractivity contribution is -0.121. The summed E-state index contributed by atoms with van der Waals surface area (Å²) in [5.74, 6) is 2.01. The van der Waals surface area contributed by atoms with Crippen molar-refractivity contribution in [2.24, 2.45) is 11.8 Å². The van der Waals surface area contributed by atoms with Gasteiger partial charge in [0.1, 0.15) is 0 Å². The van der Waals surface area contributed by atoms with E-state index in [4.69, 9.17) is 0 Å². The second-order valence-corrected chi connectivity index (χ2v) is 5.22. The minimum Gasteiger partial charge on any atom is -0.356 e. The van der Waals surface area contributed by atoms with E-state index in [0.29, 0.717) is 6.42 Å². The molecular weight excluding hydrogens is 210 g/mol. The Hall–Kier alpha value is -0.790. The van der Waals surface area contributed by atoms with Gasteiger partial charge in [-0.3, -0.25) is 4.79 Å². The lowest BCUT2D eigenvalue weighted by Crippen LogP contribution is -2.21. The molecule has 0 spiro atoms. The Morgan fingerprint density at radius 1 is 1.35 bits per heavy atom. The van der Waals surface area contributed by atoms with Crippen LogP contribution in [0, 0.1) is 11.8 Å². The van der Waals surface area contributed by atoms with Crippen molar-refractivity contribution >= 4 is 5.91 Å². The summed E-state index contributed by atoms with van der Waals surface area (Å²) in [6, 6.07) is 0. The number of carbonyl (C=O) groups excluding carboxylic acids is 1. The van der Waals surface area contributed by atoms with E-state index in [9.17, 15) is 4.79 Å². The molecule has 1 unspecified atom stereocenters. The molecular formula is C15H27NO. The van der Waals surface area contributed by atoms with Crippen LogP contribution >= 0.6 is 0 Å². The largest absolute Gasteiger partial charge is 0.356 e. The SMILES string of the molecule is CCNC(=O)CCC/C=C\C[C@H]1CCCC1C. The van der Waals surface area contributed by atoms with Crippen LogP contribution < -0.4 is 5.32 Å². The van der Waals surface area contributed by atoms with Gasteiger partial charge in [0.25, 0.3) is 0 Å². The quantitative estimate of drug-likeness (QED) is 0.531. The first-order chi connectivity index (χ1) is 8.24. The fraction of sp³-hybridized carbons (Fsp3) is 0.800. The molecule has 0 saturated heterocycles. The van der Waals surface area contributed by atoms with Gasteiger partial charge < -0.3 is 5.32 Å². The zero-order valence-corrected chi connectivity index (χ0v) is 11.4. The molecule has 0 aromatic carbocycles. The third-order valence-corrected chi connectivity index (χ3v) is 3.79. The average Bonchev–Trinajstić information content (AvgIpc) is 2.70. The first-order valence-electron chi connectivity index (χ1n) is 7.15. The molecule has 0 radical (unpaired) electrons. The van der Waals surface area contributed by atoms with Crippen molar-refractivity contribution in [3.8, 4) is 0 Å². The van der Waals surface area contributed by atoms with E-state index in [1.807, 2.05) is 6.92 Å². The number of allylic oxidation sites excluding steroid dienone is 2. The minimum atomic E-state index is 0.185. The molecule has 0 heterocycles. The van der Waals surface area contributed by atoms with E-state index in [0.717, 1.165) is 31.2 Å². The molecule has 1 saturated carbocycles. The topological polar surface area (TPSA) is 29.1 Å². The molecule has 17 heavy (non-hydrogen) atoms. The van der Waals surface area contributed by atoms with E-state index in [1.54, 1.807) is 0 Å². The van der Waals surface area contributed by atoms with Crippen LogP contribution in [-0.4, -0.2) is 12.5 Å². The molecule has 0 aromatic heterocycles. The molecule has 2 nitrogen and oxygen atoms in total. The highest BCUT2D eigenvalue weighted by Gasteiger charge is 2.21. The van der Waals surface area contributed by atoms with Crippen LogP contribution in [0.5, 0.6) is 0 Å². The predicted molar refractivity (Wildman–Crippen MR) is 72.8 cm³/mol. The Kier molecular flexibility index (Phi) is 6.99. The lowest BCUT2D eigenvalue weighted by Gasteiger charge is -2.11. The number of carbonyl (C=O) groups is 1. The van der Waals surface area contributed by atoms with Gasteiger partial charge in [0.2, 0.25) is 5.91 Å². The highest BCUT2D eigenvalue weighted by atomic mass is 16.1. The summed E-state index contributed by atoms with van der Waals surface area (Å²) >= 11 is 0. The maximum atomic E-state index is 11.2. The summed E-state index contributed by atoms with van der Waals surface area (Å²) in [5, 5.41) is 2.82. The zero-order valence-electron chi connectivity index (χ0n) is 11.4. The number of rotatable bonds is 7. The van der Waals surface area contributed by atoms with Crippen molar-refractivity contribution in [1.82, 2.24) is 5.32 Å². The van der Waals surface area contributed by atoms with Gasteiger partial charge in [-0.25, -0.2) is 0 Å². The zero-order chi connectivity index (χ0) is 12.5. The van der Waals surface area contributed by atoms with E-state index < -0.39 is 0 Å². The summed E-state index contributed by atoms with van der Waals surface area (Å²) in [4.78, 5) is 11.2. The molecule has 1 aliphatic rings. The molecule has 98 valence electrons. The van der Waals surface area contributed by atoms with Crippen LogP contribution in [0.4, 0.5) is 0 Å². The van der Waals surface area contributed by atoms with E-state index >= 15 is 0 Å². The van der Waals surface area contributed by atoms with Crippen molar-refractivity contribution in [2.75, 3.05) is 6.54 Å². The maximum absolute atomic E-state index is 11.2. The van der Waals surface area contributed by atoms with Crippen LogP contribution in [0.1, 0.15) is 58.8 Å². The van der Waals surface area contributed by atoms with Crippen LogP contribution in [-0.2, 0) is 4.79 Å². The lowest BCUT2D eigenvalue weighted by atomic mass is 9.94. The third kappa shape index (κ3) is 5.90. The monoisotopic (exact) mass is 237 g/mol. The van der Waals surface area contributed by atoms with E-state index in [1.165, 1.54) is 25.7 Å². The van der Waals surface area contributed by atoms with Crippen LogP contribution in [0.25, 0.3) is 0 Å². The van der Waals surface area contributed by atoms with Crippen LogP contribution in [0.3, 0.4) is 0 Å². The Labute approximate surface area is 106 Å². The van der Waals surface area contributed by atoms with Gasteiger partial charge >= 0.3 is 0 Å². The highest BCUT2D eigenvalue weighted by Crippen LogP contribution is 2.33. The summed E-state index contributed by atoms with van der Waals surface area (Å²) in [7, 11) is 0. The first-order valence-corrected chi connectivity index (χ1v) is 7.15. The van der Waals surface area contributed by atoms with Gasteiger partial charge in [-0.15, -0.1) is 0 Å². The van der Waals surface area contributed by atoms with Crippen molar-refractivity contribution in [2.45, 2.75) is 58.8 Å². The Morgan fingerprint density at radius 3 is 2.82 bits per heavy atom. The summed E-state index contributed by atoms with van der Waals surface area (Å²) in [5.41, 5.74) is 0. The minimum absolute atomic E-state index is 0.185. The molecule has 1 N–H and O–H groups in total. The summed E-state index contributed by atoms with van der Waals surface area (Å²) < 4.78 is 0. The molecule has 1 fully saturated rings. The van der Waals surface area contributed by atoms with Gasteiger partial charge in [-0.1, -0.05) is 31.9 Å². The number of hydrogen-bond acceptors (Lipinski definition) is 1. The van der Waals surface area contributed by atoms with Crippen LogP contribution in [0.2, 0.25) is 0 Å². The normalized spacial score (nSPS) is 24.4. The van der Waals surface area contributed by atoms with Gasteiger partial charge in [0.05, 0.1) is 0 Å². The molecule has 1 aliphatic carbocycles. The molecule has 1 rings (SSSR count). The number of amides is 1. The smallest absolute Gasteiger partial charge is 0.219 e. The molecule has 2 atom stereocenters. The standard InChI is InChI=1S/C15H27NO/c1-3-16-15(17)12-7-5-4-6-10-14-11-8-9-13(14)2/h4,6,13-14H,3,5,7-12H2,1-2H3,(H,16,17)/b6-4-/t13?,14-/m0/s1. The summed E-state index contributed by atoms with van der Waals surface area (Å²) in [6.07, 6.45) is 12.7. The third-order valence-electron chi connectivity index (χ3n) is 3.79. The predicted octanol–water partition coefficient (Wildman–Crippen LogP) is 3.68. The first kappa shape index (κ1) is 14.3. The Morgan fingerprint density at radius 2 is 2.18 bits per heavy atom. The van der Waals surface area contributed by atoms with E-state index in [2.05, 4.69) is 24.4 Å². The number of hydrogen-bond donors (Lipinski definition) is 1. The molecule has 0 aromatic rings. The fourth-order valence-corrected chi connectivity index (χ4v) is 2.63. The number of nitrogens with one attached hydrogen (secondary N) is 1. The second kappa shape index (κ2) is 8.32. The second-order valence-electron chi connectivity index (χ2n) is 5.22. The van der Waals surface area contributed by atoms with Gasteiger partial charge in [0.15, 0.2) is 0 Å². The highest BCUT2D eigenvalue weighted by molar-refractivity contribution is 5.75. The Balaban J connectivity index is 2.00. The molecule has 0 aliphatic heterocycles. The van der Waals surface area contributed by atoms with Crippen molar-refractivity contribution in [1.29, 1.82) is 0 Å². The van der Waals surface area contributed by atoms with Crippen LogP contribution in [0.15, 0.2) is 12.2 Å². The van der Waals surface area contributed by atoms with Crippen molar-refractivity contribution in [3.63, 3.8) is 0 Å². The Bertz CT molecular complexity index is 247. The molecule has 0 bridgehead atoms. The van der Waals surface area contributed by atoms with Gasteiger partial charge in [-0.2, -0.15) is 0 Å². The molecule has 2 heteroatoms. The summed E-state index contributed by atoms with van der Waals surface area (Å²) in [6.45, 7) is 5.08. The van der Waals surface area contributed by atoms with E-state index in [-0.39, 0.29) is 5.91 Å². The van der Waals surface area contributed by atoms with Gasteiger partial charge in [-0.05, 0) is 44.4 Å².